The minimum absolute atomic E-state index is 0.268. The lowest BCUT2D eigenvalue weighted by molar-refractivity contribution is 0.0527. The Morgan fingerprint density at radius 3 is 3.00 bits per heavy atom. The summed E-state index contributed by atoms with van der Waals surface area (Å²) < 4.78 is 5.03. The van der Waals surface area contributed by atoms with Crippen LogP contribution in [0.1, 0.15) is 23.0 Å². The Hall–Kier alpha value is -1.55. The van der Waals surface area contributed by atoms with Crippen LogP contribution in [0, 0.1) is 6.92 Å². The van der Waals surface area contributed by atoms with Gasteiger partial charge in [-0.15, -0.1) is 11.3 Å². The molecule has 3 nitrogen and oxygen atoms in total. The van der Waals surface area contributed by atoms with E-state index in [9.17, 15) is 4.79 Å². The molecule has 16 heavy (non-hydrogen) atoms. The number of aromatic amines is 1. The van der Waals surface area contributed by atoms with Crippen molar-refractivity contribution in [3.8, 4) is 10.4 Å². The zero-order chi connectivity index (χ0) is 11.5. The molecule has 0 aliphatic rings. The van der Waals surface area contributed by atoms with Crippen LogP contribution in [0.5, 0.6) is 0 Å². The second-order valence-electron chi connectivity index (χ2n) is 3.40. The van der Waals surface area contributed by atoms with Crippen molar-refractivity contribution in [2.24, 2.45) is 0 Å². The molecule has 4 heteroatoms. The van der Waals surface area contributed by atoms with Gasteiger partial charge in [-0.05, 0) is 25.3 Å². The van der Waals surface area contributed by atoms with Gasteiger partial charge in [-0.25, -0.2) is 4.79 Å². The number of carbonyl (C=O) groups excluding carboxylic acids is 1. The Bertz CT molecular complexity index is 485. The standard InChI is InChI=1S/C12H13NO2S/c1-3-15-12(14)9-7-13-8(2)11(9)10-5-4-6-16-10/h4-7,13H,3H2,1-2H3. The Morgan fingerprint density at radius 2 is 2.38 bits per heavy atom. The fourth-order valence-corrected chi connectivity index (χ4v) is 2.48. The Kier molecular flexibility index (Phi) is 3.10. The number of aryl methyl sites for hydroxylation is 1. The van der Waals surface area contributed by atoms with Gasteiger partial charge in [0.05, 0.1) is 12.2 Å². The van der Waals surface area contributed by atoms with Gasteiger partial charge in [-0.2, -0.15) is 0 Å². The molecule has 0 saturated carbocycles. The maximum absolute atomic E-state index is 11.7. The van der Waals surface area contributed by atoms with Crippen LogP contribution in [-0.4, -0.2) is 17.6 Å². The number of hydrogen-bond donors (Lipinski definition) is 1. The summed E-state index contributed by atoms with van der Waals surface area (Å²) in [5, 5.41) is 2.00. The van der Waals surface area contributed by atoms with Crippen LogP contribution in [0.3, 0.4) is 0 Å². The van der Waals surface area contributed by atoms with E-state index in [1.54, 1.807) is 17.5 Å². The largest absolute Gasteiger partial charge is 0.462 e. The van der Waals surface area contributed by atoms with Crippen molar-refractivity contribution in [1.29, 1.82) is 0 Å². The first-order valence-corrected chi connectivity index (χ1v) is 6.01. The molecule has 0 unspecified atom stereocenters. The SMILES string of the molecule is CCOC(=O)c1c[nH]c(C)c1-c1cccs1. The van der Waals surface area contributed by atoms with Crippen LogP contribution in [0.2, 0.25) is 0 Å². The third kappa shape index (κ3) is 1.88. The van der Waals surface area contributed by atoms with E-state index in [1.165, 1.54) is 0 Å². The molecule has 84 valence electrons. The first-order chi connectivity index (χ1) is 7.74. The number of rotatable bonds is 3. The summed E-state index contributed by atoms with van der Waals surface area (Å²) in [6.07, 6.45) is 1.71. The molecule has 2 aromatic heterocycles. The van der Waals surface area contributed by atoms with Gasteiger partial charge in [-0.1, -0.05) is 6.07 Å². The third-order valence-corrected chi connectivity index (χ3v) is 3.23. The van der Waals surface area contributed by atoms with Crippen molar-refractivity contribution >= 4 is 17.3 Å². The molecule has 2 aromatic rings. The van der Waals surface area contributed by atoms with Crippen LogP contribution in [0.15, 0.2) is 23.7 Å². The van der Waals surface area contributed by atoms with Crippen molar-refractivity contribution in [1.82, 2.24) is 4.98 Å². The number of H-pyrrole nitrogens is 1. The molecule has 2 heterocycles. The highest BCUT2D eigenvalue weighted by molar-refractivity contribution is 7.13. The molecular formula is C12H13NO2S. The predicted octanol–water partition coefficient (Wildman–Crippen LogP) is 3.23. The fourth-order valence-electron chi connectivity index (χ4n) is 1.63. The van der Waals surface area contributed by atoms with Gasteiger partial charge in [0, 0.05) is 22.3 Å². The molecule has 0 aromatic carbocycles. The lowest BCUT2D eigenvalue weighted by Gasteiger charge is -2.02. The molecule has 0 radical (unpaired) electrons. The van der Waals surface area contributed by atoms with Crippen molar-refractivity contribution in [3.63, 3.8) is 0 Å². The van der Waals surface area contributed by atoms with E-state index in [0.717, 1.165) is 16.1 Å². The van der Waals surface area contributed by atoms with Crippen LogP contribution in [0.25, 0.3) is 10.4 Å². The molecule has 0 fully saturated rings. The third-order valence-electron chi connectivity index (χ3n) is 2.34. The molecule has 1 N–H and O–H groups in total. The zero-order valence-corrected chi connectivity index (χ0v) is 10.1. The second kappa shape index (κ2) is 4.53. The number of aromatic nitrogens is 1. The van der Waals surface area contributed by atoms with E-state index < -0.39 is 0 Å². The topological polar surface area (TPSA) is 42.1 Å². The zero-order valence-electron chi connectivity index (χ0n) is 9.24. The van der Waals surface area contributed by atoms with Gasteiger partial charge in [0.1, 0.15) is 0 Å². The number of hydrogen-bond acceptors (Lipinski definition) is 3. The molecule has 0 aliphatic carbocycles. The monoisotopic (exact) mass is 235 g/mol. The second-order valence-corrected chi connectivity index (χ2v) is 4.35. The first kappa shape index (κ1) is 11.0. The first-order valence-electron chi connectivity index (χ1n) is 5.13. The number of esters is 1. The summed E-state index contributed by atoms with van der Waals surface area (Å²) in [6.45, 7) is 4.16. The molecule has 0 aliphatic heterocycles. The minimum atomic E-state index is -0.268. The molecule has 0 saturated heterocycles. The quantitative estimate of drug-likeness (QED) is 0.830. The molecular weight excluding hydrogens is 222 g/mol. The Morgan fingerprint density at radius 1 is 1.56 bits per heavy atom. The normalized spacial score (nSPS) is 10.4. The van der Waals surface area contributed by atoms with Gasteiger partial charge in [0.2, 0.25) is 0 Å². The summed E-state index contributed by atoms with van der Waals surface area (Å²) in [5.41, 5.74) is 2.56. The van der Waals surface area contributed by atoms with Gasteiger partial charge >= 0.3 is 5.97 Å². The molecule has 0 spiro atoms. The highest BCUT2D eigenvalue weighted by Crippen LogP contribution is 2.31. The predicted molar refractivity (Wildman–Crippen MR) is 64.8 cm³/mol. The van der Waals surface area contributed by atoms with Gasteiger partial charge in [0.25, 0.3) is 0 Å². The minimum Gasteiger partial charge on any atom is -0.462 e. The highest BCUT2D eigenvalue weighted by Gasteiger charge is 2.18. The number of nitrogens with one attached hydrogen (secondary N) is 1. The summed E-state index contributed by atoms with van der Waals surface area (Å²) in [4.78, 5) is 15.9. The van der Waals surface area contributed by atoms with E-state index in [4.69, 9.17) is 4.74 Å². The van der Waals surface area contributed by atoms with Crippen molar-refractivity contribution in [2.75, 3.05) is 6.61 Å². The Labute approximate surface area is 98.1 Å². The van der Waals surface area contributed by atoms with Crippen molar-refractivity contribution in [2.45, 2.75) is 13.8 Å². The molecule has 0 amide bonds. The molecule has 0 bridgehead atoms. The van der Waals surface area contributed by atoms with E-state index in [2.05, 4.69) is 4.98 Å². The summed E-state index contributed by atoms with van der Waals surface area (Å²) in [7, 11) is 0. The lowest BCUT2D eigenvalue weighted by Crippen LogP contribution is -2.04. The molecule has 2 rings (SSSR count). The maximum atomic E-state index is 11.7. The number of ether oxygens (including phenoxy) is 1. The average Bonchev–Trinajstić information content (AvgIpc) is 2.86. The van der Waals surface area contributed by atoms with Crippen LogP contribution in [0.4, 0.5) is 0 Å². The fraction of sp³-hybridized carbons (Fsp3) is 0.250. The van der Waals surface area contributed by atoms with Gasteiger partial charge < -0.3 is 9.72 Å². The van der Waals surface area contributed by atoms with E-state index in [-0.39, 0.29) is 5.97 Å². The highest BCUT2D eigenvalue weighted by atomic mass is 32.1. The number of thiophene rings is 1. The maximum Gasteiger partial charge on any atom is 0.340 e. The smallest absolute Gasteiger partial charge is 0.340 e. The summed E-state index contributed by atoms with van der Waals surface area (Å²) in [6, 6.07) is 3.98. The lowest BCUT2D eigenvalue weighted by atomic mass is 10.1. The summed E-state index contributed by atoms with van der Waals surface area (Å²) in [5.74, 6) is -0.268. The average molecular weight is 235 g/mol. The van der Waals surface area contributed by atoms with Crippen molar-refractivity contribution < 1.29 is 9.53 Å². The Balaban J connectivity index is 2.44. The van der Waals surface area contributed by atoms with Crippen molar-refractivity contribution in [3.05, 3.63) is 35.0 Å². The van der Waals surface area contributed by atoms with E-state index >= 15 is 0 Å². The van der Waals surface area contributed by atoms with E-state index in [1.807, 2.05) is 31.4 Å². The van der Waals surface area contributed by atoms with Gasteiger partial charge in [0.15, 0.2) is 0 Å². The van der Waals surface area contributed by atoms with Gasteiger partial charge in [-0.3, -0.25) is 0 Å². The van der Waals surface area contributed by atoms with Crippen LogP contribution >= 0.6 is 11.3 Å². The van der Waals surface area contributed by atoms with Crippen LogP contribution < -0.4 is 0 Å². The van der Waals surface area contributed by atoms with E-state index in [0.29, 0.717) is 12.2 Å². The summed E-state index contributed by atoms with van der Waals surface area (Å²) >= 11 is 1.62. The van der Waals surface area contributed by atoms with Crippen LogP contribution in [-0.2, 0) is 4.74 Å². The molecule has 0 atom stereocenters. The number of carbonyl (C=O) groups is 1.